The zero-order valence-electron chi connectivity index (χ0n) is 15.6. The Hall–Kier alpha value is -1.63. The molecule has 2 aromatic rings. The van der Waals surface area contributed by atoms with E-state index in [1.807, 2.05) is 25.1 Å². The maximum Gasteiger partial charge on any atom is 0.282 e. The van der Waals surface area contributed by atoms with Gasteiger partial charge >= 0.3 is 0 Å². The fourth-order valence-electron chi connectivity index (χ4n) is 3.18. The molecular weight excluding hydrogens is 402 g/mol. The summed E-state index contributed by atoms with van der Waals surface area (Å²) in [7, 11) is -3.53. The molecule has 2 saturated heterocycles. The van der Waals surface area contributed by atoms with Crippen LogP contribution in [0.5, 0.6) is 0 Å². The van der Waals surface area contributed by atoms with Gasteiger partial charge in [-0.15, -0.1) is 11.3 Å². The van der Waals surface area contributed by atoms with Crippen LogP contribution in [-0.2, 0) is 19.7 Å². The van der Waals surface area contributed by atoms with Crippen molar-refractivity contribution in [1.82, 2.24) is 18.6 Å². The number of aromatic nitrogens is 2. The third kappa shape index (κ3) is 4.34. The lowest BCUT2D eigenvalue weighted by molar-refractivity contribution is -0.00837. The highest BCUT2D eigenvalue weighted by molar-refractivity contribution is 7.86. The van der Waals surface area contributed by atoms with Gasteiger partial charge in [-0.05, 0) is 19.1 Å². The Balaban J connectivity index is 1.47. The van der Waals surface area contributed by atoms with E-state index in [2.05, 4.69) is 15.3 Å². The maximum atomic E-state index is 12.9. The van der Waals surface area contributed by atoms with Gasteiger partial charge in [0.05, 0.1) is 25.5 Å². The summed E-state index contributed by atoms with van der Waals surface area (Å²) in [6.45, 7) is 4.53. The number of anilines is 2. The monoisotopic (exact) mass is 425 g/mol. The second kappa shape index (κ2) is 8.39. The van der Waals surface area contributed by atoms with Crippen molar-refractivity contribution in [2.75, 3.05) is 51.3 Å². The predicted octanol–water partition coefficient (Wildman–Crippen LogP) is 1.54. The Morgan fingerprint density at radius 2 is 1.96 bits per heavy atom. The summed E-state index contributed by atoms with van der Waals surface area (Å²) in [5, 5.41) is 3.95. The molecule has 4 heterocycles. The third-order valence-electron chi connectivity index (χ3n) is 4.61. The third-order valence-corrected chi connectivity index (χ3v) is 7.44. The van der Waals surface area contributed by atoms with Crippen LogP contribution in [0.15, 0.2) is 24.4 Å². The Kier molecular flexibility index (Phi) is 5.90. The average molecular weight is 426 g/mol. The minimum Gasteiger partial charge on any atom is -0.379 e. The van der Waals surface area contributed by atoms with Crippen molar-refractivity contribution < 1.29 is 17.9 Å². The predicted molar refractivity (Wildman–Crippen MR) is 106 cm³/mol. The van der Waals surface area contributed by atoms with Crippen molar-refractivity contribution in [3.63, 3.8) is 0 Å². The quantitative estimate of drug-likeness (QED) is 0.776. The van der Waals surface area contributed by atoms with Gasteiger partial charge in [0.25, 0.3) is 10.2 Å². The number of hydrogen-bond donors (Lipinski definition) is 1. The second-order valence-electron chi connectivity index (χ2n) is 6.59. The Morgan fingerprint density at radius 3 is 2.71 bits per heavy atom. The molecule has 2 fully saturated rings. The number of hydrogen-bond acceptors (Lipinski definition) is 8. The van der Waals surface area contributed by atoms with Gasteiger partial charge < -0.3 is 14.8 Å². The minimum absolute atomic E-state index is 0.243. The average Bonchev–Trinajstić information content (AvgIpc) is 3.13. The van der Waals surface area contributed by atoms with Gasteiger partial charge in [0.2, 0.25) is 0 Å². The molecule has 2 aliphatic rings. The molecule has 9 nitrogen and oxygen atoms in total. The lowest BCUT2D eigenvalue weighted by Crippen LogP contribution is -2.52. The zero-order chi connectivity index (χ0) is 19.6. The highest BCUT2D eigenvalue weighted by Gasteiger charge is 2.35. The van der Waals surface area contributed by atoms with Crippen LogP contribution in [0.4, 0.5) is 10.9 Å². The van der Waals surface area contributed by atoms with Gasteiger partial charge in [0.1, 0.15) is 11.9 Å². The normalized spacial score (nSPS) is 22.2. The number of rotatable bonds is 5. The van der Waals surface area contributed by atoms with Crippen molar-refractivity contribution in [2.45, 2.75) is 13.0 Å². The lowest BCUT2D eigenvalue weighted by Gasteiger charge is -2.36. The van der Waals surface area contributed by atoms with Gasteiger partial charge in [-0.2, -0.15) is 17.0 Å². The molecular formula is C17H23N5O4S2. The van der Waals surface area contributed by atoms with Crippen LogP contribution in [0, 0.1) is 6.92 Å². The molecule has 1 N–H and O–H groups in total. The van der Waals surface area contributed by atoms with Gasteiger partial charge in [-0.3, -0.25) is 0 Å². The first kappa shape index (κ1) is 19.7. The van der Waals surface area contributed by atoms with Crippen LogP contribution in [0.1, 0.15) is 16.7 Å². The van der Waals surface area contributed by atoms with Gasteiger partial charge in [-0.1, -0.05) is 6.07 Å². The summed E-state index contributed by atoms with van der Waals surface area (Å²) in [6.07, 6.45) is 1.39. The molecule has 2 aromatic heterocycles. The van der Waals surface area contributed by atoms with Gasteiger partial charge in [0.15, 0.2) is 5.13 Å². The molecule has 0 bridgehead atoms. The summed E-state index contributed by atoms with van der Waals surface area (Å²) in [5.74, 6) is 0.656. The van der Waals surface area contributed by atoms with Crippen molar-refractivity contribution in [3.8, 4) is 0 Å². The summed E-state index contributed by atoms with van der Waals surface area (Å²) in [4.78, 5) is 10.00. The number of aryl methyl sites for hydroxylation is 1. The molecule has 0 aromatic carbocycles. The van der Waals surface area contributed by atoms with Crippen molar-refractivity contribution in [3.05, 3.63) is 35.0 Å². The molecule has 0 saturated carbocycles. The molecule has 2 aliphatic heterocycles. The SMILES string of the molecule is Cc1cnc(Nc2cccc(C3CN(S(=O)(=O)N4CCOCC4)CCO3)n2)s1. The van der Waals surface area contributed by atoms with Crippen molar-refractivity contribution in [2.24, 2.45) is 0 Å². The van der Waals surface area contributed by atoms with E-state index in [4.69, 9.17) is 9.47 Å². The molecule has 152 valence electrons. The topological polar surface area (TPSA) is 96.9 Å². The lowest BCUT2D eigenvalue weighted by atomic mass is 10.2. The number of pyridine rings is 1. The van der Waals surface area contributed by atoms with Crippen LogP contribution < -0.4 is 5.32 Å². The van der Waals surface area contributed by atoms with Crippen LogP contribution in [0.2, 0.25) is 0 Å². The maximum absolute atomic E-state index is 12.9. The molecule has 0 aliphatic carbocycles. The molecule has 28 heavy (non-hydrogen) atoms. The van der Waals surface area contributed by atoms with Gasteiger partial charge in [0, 0.05) is 37.3 Å². The molecule has 0 amide bonds. The summed E-state index contributed by atoms with van der Waals surface area (Å²) >= 11 is 1.55. The van der Waals surface area contributed by atoms with E-state index in [-0.39, 0.29) is 6.54 Å². The number of ether oxygens (including phenoxy) is 2. The molecule has 4 rings (SSSR count). The zero-order valence-corrected chi connectivity index (χ0v) is 17.2. The standard InChI is InChI=1S/C17H23N5O4S2/c1-13-11-18-17(27-13)20-16-4-2-3-14(19-16)15-12-22(7-10-26-15)28(23,24)21-5-8-25-9-6-21/h2-4,11,15H,5-10,12H2,1H3,(H,18,19,20). The first-order valence-corrected chi connectivity index (χ1v) is 11.3. The van der Waals surface area contributed by atoms with E-state index < -0.39 is 16.3 Å². The van der Waals surface area contributed by atoms with E-state index in [1.54, 1.807) is 17.5 Å². The molecule has 0 spiro atoms. The number of morpholine rings is 2. The number of nitrogens with one attached hydrogen (secondary N) is 1. The smallest absolute Gasteiger partial charge is 0.282 e. The highest BCUT2D eigenvalue weighted by atomic mass is 32.2. The Labute approximate surface area is 168 Å². The Morgan fingerprint density at radius 1 is 1.18 bits per heavy atom. The number of nitrogens with zero attached hydrogens (tertiary/aromatic N) is 4. The molecule has 11 heteroatoms. The first-order chi connectivity index (χ1) is 13.5. The van der Waals surface area contributed by atoms with Crippen LogP contribution in [-0.4, -0.2) is 73.0 Å². The van der Waals surface area contributed by atoms with E-state index in [9.17, 15) is 8.42 Å². The van der Waals surface area contributed by atoms with Crippen LogP contribution in [0.3, 0.4) is 0 Å². The van der Waals surface area contributed by atoms with E-state index in [0.717, 1.165) is 10.0 Å². The second-order valence-corrected chi connectivity index (χ2v) is 9.75. The van der Waals surface area contributed by atoms with E-state index in [1.165, 1.54) is 8.61 Å². The fraction of sp³-hybridized carbons (Fsp3) is 0.529. The van der Waals surface area contributed by atoms with E-state index >= 15 is 0 Å². The highest BCUT2D eigenvalue weighted by Crippen LogP contribution is 2.26. The Bertz CT molecular complexity index is 914. The summed E-state index contributed by atoms with van der Waals surface area (Å²) < 4.78 is 39.9. The van der Waals surface area contributed by atoms with Crippen LogP contribution >= 0.6 is 11.3 Å². The summed E-state index contributed by atoms with van der Waals surface area (Å²) in [5.41, 5.74) is 0.695. The number of thiazole rings is 1. The van der Waals surface area contributed by atoms with Crippen LogP contribution in [0.25, 0.3) is 0 Å². The minimum atomic E-state index is -3.53. The first-order valence-electron chi connectivity index (χ1n) is 9.13. The molecule has 1 unspecified atom stereocenters. The fourth-order valence-corrected chi connectivity index (χ4v) is 5.41. The summed E-state index contributed by atoms with van der Waals surface area (Å²) in [6, 6.07) is 5.59. The molecule has 0 radical (unpaired) electrons. The van der Waals surface area contributed by atoms with E-state index in [0.29, 0.717) is 51.0 Å². The van der Waals surface area contributed by atoms with Crippen molar-refractivity contribution >= 4 is 32.5 Å². The van der Waals surface area contributed by atoms with Crippen molar-refractivity contribution in [1.29, 1.82) is 0 Å². The van der Waals surface area contributed by atoms with Gasteiger partial charge in [-0.25, -0.2) is 9.97 Å². The largest absolute Gasteiger partial charge is 0.379 e. The molecule has 1 atom stereocenters.